The van der Waals surface area contributed by atoms with Crippen molar-refractivity contribution in [2.24, 2.45) is 0 Å². The largest absolute Gasteiger partial charge is 0.378 e. The van der Waals surface area contributed by atoms with Crippen molar-refractivity contribution in [3.05, 3.63) is 54.5 Å². The Morgan fingerprint density at radius 3 is 2.50 bits per heavy atom. The molecule has 3 aromatic rings. The lowest BCUT2D eigenvalue weighted by Gasteiger charge is -2.13. The van der Waals surface area contributed by atoms with Gasteiger partial charge in [0, 0.05) is 37.7 Å². The van der Waals surface area contributed by atoms with Gasteiger partial charge in [0.05, 0.1) is 5.69 Å². The van der Waals surface area contributed by atoms with Crippen molar-refractivity contribution in [1.82, 2.24) is 20.0 Å². The smallest absolute Gasteiger partial charge is 0.191 e. The Hall–Kier alpha value is -3.20. The van der Waals surface area contributed by atoms with Crippen molar-refractivity contribution in [3.63, 3.8) is 0 Å². The second kappa shape index (κ2) is 5.66. The third-order valence-electron chi connectivity index (χ3n) is 3.32. The van der Waals surface area contributed by atoms with Crippen LogP contribution >= 0.6 is 0 Å². The third-order valence-corrected chi connectivity index (χ3v) is 3.32. The van der Waals surface area contributed by atoms with Gasteiger partial charge in [-0.05, 0) is 36.4 Å². The first-order valence-electron chi connectivity index (χ1n) is 6.74. The van der Waals surface area contributed by atoms with Gasteiger partial charge in [-0.15, -0.1) is 5.10 Å². The van der Waals surface area contributed by atoms with Crippen LogP contribution in [0.15, 0.2) is 48.8 Å². The van der Waals surface area contributed by atoms with Crippen molar-refractivity contribution >= 4 is 5.69 Å². The number of nitriles is 1. The second-order valence-corrected chi connectivity index (χ2v) is 4.96. The molecule has 2 aromatic heterocycles. The summed E-state index contributed by atoms with van der Waals surface area (Å²) in [5.74, 6) is 0. The van der Waals surface area contributed by atoms with E-state index in [9.17, 15) is 5.26 Å². The molecule has 1 aromatic carbocycles. The first-order valence-corrected chi connectivity index (χ1v) is 6.74. The van der Waals surface area contributed by atoms with Gasteiger partial charge in [0.1, 0.15) is 11.8 Å². The Labute approximate surface area is 128 Å². The fourth-order valence-electron chi connectivity index (χ4n) is 2.19. The molecule has 0 saturated heterocycles. The summed E-state index contributed by atoms with van der Waals surface area (Å²) in [4.78, 5) is 6.12. The Kier molecular flexibility index (Phi) is 3.54. The highest BCUT2D eigenvalue weighted by atomic mass is 15.4. The van der Waals surface area contributed by atoms with E-state index in [0.717, 1.165) is 16.9 Å². The van der Waals surface area contributed by atoms with Gasteiger partial charge in [-0.2, -0.15) is 5.26 Å². The minimum atomic E-state index is 0.282. The first kappa shape index (κ1) is 13.8. The standard InChI is InChI=1S/C16H14N6/c1-21(2)13-5-7-14(8-6-13)22-16(15(10-17)19-20-22)12-4-3-9-18-11-12/h3-9,11H,1-2H3. The maximum atomic E-state index is 9.26. The van der Waals surface area contributed by atoms with E-state index in [-0.39, 0.29) is 5.69 Å². The van der Waals surface area contributed by atoms with Crippen LogP contribution in [0.3, 0.4) is 0 Å². The third kappa shape index (κ3) is 2.40. The zero-order chi connectivity index (χ0) is 15.5. The average molecular weight is 290 g/mol. The number of pyridine rings is 1. The van der Waals surface area contributed by atoms with Crippen LogP contribution in [-0.2, 0) is 0 Å². The summed E-state index contributed by atoms with van der Waals surface area (Å²) in [5, 5.41) is 17.3. The lowest BCUT2D eigenvalue weighted by atomic mass is 10.1. The number of nitrogens with zero attached hydrogens (tertiary/aromatic N) is 6. The van der Waals surface area contributed by atoms with Gasteiger partial charge in [0.15, 0.2) is 5.69 Å². The molecule has 0 N–H and O–H groups in total. The maximum Gasteiger partial charge on any atom is 0.191 e. The molecule has 0 atom stereocenters. The Bertz CT molecular complexity index is 812. The maximum absolute atomic E-state index is 9.26. The molecule has 0 radical (unpaired) electrons. The van der Waals surface area contributed by atoms with Crippen LogP contribution < -0.4 is 4.90 Å². The number of rotatable bonds is 3. The molecule has 0 bridgehead atoms. The minimum absolute atomic E-state index is 0.282. The molecule has 6 nitrogen and oxygen atoms in total. The molecule has 2 heterocycles. The summed E-state index contributed by atoms with van der Waals surface area (Å²) in [6.45, 7) is 0. The molecule has 0 fully saturated rings. The van der Waals surface area contributed by atoms with Crippen LogP contribution in [0.25, 0.3) is 16.9 Å². The van der Waals surface area contributed by atoms with Crippen molar-refractivity contribution in [2.45, 2.75) is 0 Å². The van der Waals surface area contributed by atoms with Crippen LogP contribution in [0.2, 0.25) is 0 Å². The molecule has 0 aliphatic heterocycles. The van der Waals surface area contributed by atoms with Crippen LogP contribution in [0.1, 0.15) is 5.69 Å². The molecule has 6 heteroatoms. The number of benzene rings is 1. The SMILES string of the molecule is CN(C)c1ccc(-n2nnc(C#N)c2-c2cccnc2)cc1. The van der Waals surface area contributed by atoms with Crippen LogP contribution in [0.5, 0.6) is 0 Å². The van der Waals surface area contributed by atoms with Crippen molar-refractivity contribution in [2.75, 3.05) is 19.0 Å². The molecule has 0 aliphatic rings. The van der Waals surface area contributed by atoms with E-state index in [2.05, 4.69) is 21.4 Å². The molecular formula is C16H14N6. The minimum Gasteiger partial charge on any atom is -0.378 e. The number of anilines is 1. The van der Waals surface area contributed by atoms with Gasteiger partial charge in [-0.25, -0.2) is 4.68 Å². The molecule has 0 amide bonds. The first-order chi connectivity index (χ1) is 10.7. The Morgan fingerprint density at radius 2 is 1.91 bits per heavy atom. The highest BCUT2D eigenvalue weighted by molar-refractivity contribution is 5.66. The number of hydrogen-bond acceptors (Lipinski definition) is 5. The van der Waals surface area contributed by atoms with Crippen LogP contribution in [0, 0.1) is 11.3 Å². The van der Waals surface area contributed by atoms with Crippen LogP contribution in [0.4, 0.5) is 5.69 Å². The van der Waals surface area contributed by atoms with E-state index in [1.807, 2.05) is 55.4 Å². The molecule has 0 unspecified atom stereocenters. The van der Waals surface area contributed by atoms with Gasteiger partial charge in [-0.1, -0.05) is 5.21 Å². The highest BCUT2D eigenvalue weighted by Gasteiger charge is 2.16. The highest BCUT2D eigenvalue weighted by Crippen LogP contribution is 2.25. The van der Waals surface area contributed by atoms with E-state index in [4.69, 9.17) is 0 Å². The van der Waals surface area contributed by atoms with Crippen molar-refractivity contribution in [1.29, 1.82) is 5.26 Å². The topological polar surface area (TPSA) is 70.6 Å². The summed E-state index contributed by atoms with van der Waals surface area (Å²) in [7, 11) is 3.97. The van der Waals surface area contributed by atoms with E-state index in [1.165, 1.54) is 0 Å². The lowest BCUT2D eigenvalue weighted by Crippen LogP contribution is -2.08. The summed E-state index contributed by atoms with van der Waals surface area (Å²) < 4.78 is 1.66. The zero-order valence-corrected chi connectivity index (χ0v) is 12.3. The summed E-state index contributed by atoms with van der Waals surface area (Å²) in [5.41, 5.74) is 3.67. The van der Waals surface area contributed by atoms with Gasteiger partial charge < -0.3 is 4.90 Å². The van der Waals surface area contributed by atoms with Crippen molar-refractivity contribution in [3.8, 4) is 23.0 Å². The normalized spacial score (nSPS) is 10.2. The summed E-state index contributed by atoms with van der Waals surface area (Å²) in [6, 6.07) is 13.7. The van der Waals surface area contributed by atoms with E-state index < -0.39 is 0 Å². The molecule has 3 rings (SSSR count). The average Bonchev–Trinajstić information content (AvgIpc) is 2.99. The van der Waals surface area contributed by atoms with Crippen LogP contribution in [-0.4, -0.2) is 34.1 Å². The predicted molar refractivity (Wildman–Crippen MR) is 83.6 cm³/mol. The van der Waals surface area contributed by atoms with E-state index >= 15 is 0 Å². The zero-order valence-electron chi connectivity index (χ0n) is 12.3. The van der Waals surface area contributed by atoms with E-state index in [1.54, 1.807) is 17.1 Å². The monoisotopic (exact) mass is 290 g/mol. The van der Waals surface area contributed by atoms with Crippen molar-refractivity contribution < 1.29 is 0 Å². The Morgan fingerprint density at radius 1 is 1.14 bits per heavy atom. The van der Waals surface area contributed by atoms with Gasteiger partial charge in [0.25, 0.3) is 0 Å². The molecule has 0 spiro atoms. The second-order valence-electron chi connectivity index (χ2n) is 4.96. The summed E-state index contributed by atoms with van der Waals surface area (Å²) >= 11 is 0. The molecule has 0 aliphatic carbocycles. The Balaban J connectivity index is 2.12. The molecule has 108 valence electrons. The number of aromatic nitrogens is 4. The van der Waals surface area contributed by atoms with Gasteiger partial charge >= 0.3 is 0 Å². The summed E-state index contributed by atoms with van der Waals surface area (Å²) in [6.07, 6.45) is 3.39. The van der Waals surface area contributed by atoms with Gasteiger partial charge in [0.2, 0.25) is 0 Å². The fraction of sp³-hybridized carbons (Fsp3) is 0.125. The predicted octanol–water partition coefficient (Wildman–Crippen LogP) is 2.27. The fourth-order valence-corrected chi connectivity index (χ4v) is 2.19. The van der Waals surface area contributed by atoms with E-state index in [0.29, 0.717) is 5.69 Å². The number of hydrogen-bond donors (Lipinski definition) is 0. The molecular weight excluding hydrogens is 276 g/mol. The van der Waals surface area contributed by atoms with Gasteiger partial charge in [-0.3, -0.25) is 4.98 Å². The molecule has 0 saturated carbocycles. The molecule has 22 heavy (non-hydrogen) atoms. The lowest BCUT2D eigenvalue weighted by molar-refractivity contribution is 0.806. The quantitative estimate of drug-likeness (QED) is 0.740.